The molecule has 1 aliphatic heterocycles. The van der Waals surface area contributed by atoms with Gasteiger partial charge in [-0.2, -0.15) is 0 Å². The van der Waals surface area contributed by atoms with Crippen LogP contribution in [0.1, 0.15) is 51.6 Å². The van der Waals surface area contributed by atoms with Crippen LogP contribution in [0, 0.1) is 5.92 Å². The van der Waals surface area contributed by atoms with Gasteiger partial charge in [0.1, 0.15) is 0 Å². The van der Waals surface area contributed by atoms with Crippen molar-refractivity contribution in [1.29, 1.82) is 0 Å². The SMILES string of the molecule is CC(c1ccc(-c2ccc(=O)[nH]c2)cc1)N1CCC(CC(C)(C)O)CC1=O. The molecule has 2 heterocycles. The Bertz CT molecular complexity index is 829. The Morgan fingerprint density at radius 3 is 2.37 bits per heavy atom. The van der Waals surface area contributed by atoms with Crippen LogP contribution in [-0.4, -0.2) is 33.0 Å². The van der Waals surface area contributed by atoms with Crippen molar-refractivity contribution in [3.05, 3.63) is 58.5 Å². The van der Waals surface area contributed by atoms with Gasteiger partial charge in [0.15, 0.2) is 0 Å². The molecule has 2 N–H and O–H groups in total. The molecule has 0 spiro atoms. The number of carbonyl (C=O) groups excluding carboxylic acids is 1. The molecule has 1 aliphatic rings. The zero-order valence-corrected chi connectivity index (χ0v) is 16.2. The van der Waals surface area contributed by atoms with Crippen molar-refractivity contribution < 1.29 is 9.90 Å². The second-order valence-corrected chi connectivity index (χ2v) is 8.20. The third-order valence-electron chi connectivity index (χ3n) is 5.33. The number of nitrogens with one attached hydrogen (secondary N) is 1. The Labute approximate surface area is 160 Å². The van der Waals surface area contributed by atoms with Crippen LogP contribution in [0.5, 0.6) is 0 Å². The van der Waals surface area contributed by atoms with E-state index >= 15 is 0 Å². The van der Waals surface area contributed by atoms with Crippen molar-refractivity contribution in [3.8, 4) is 11.1 Å². The summed E-state index contributed by atoms with van der Waals surface area (Å²) in [5.74, 6) is 0.413. The molecule has 144 valence electrons. The van der Waals surface area contributed by atoms with Crippen LogP contribution in [0.4, 0.5) is 0 Å². The molecular weight excluding hydrogens is 340 g/mol. The maximum Gasteiger partial charge on any atom is 0.247 e. The molecule has 1 saturated heterocycles. The quantitative estimate of drug-likeness (QED) is 0.848. The molecule has 2 atom stereocenters. The van der Waals surface area contributed by atoms with Crippen molar-refractivity contribution in [1.82, 2.24) is 9.88 Å². The largest absolute Gasteiger partial charge is 0.390 e. The number of likely N-dealkylation sites (tertiary alicyclic amines) is 1. The number of piperidine rings is 1. The Kier molecular flexibility index (Phi) is 5.51. The number of carbonyl (C=O) groups is 1. The average Bonchev–Trinajstić information content (AvgIpc) is 2.61. The summed E-state index contributed by atoms with van der Waals surface area (Å²) < 4.78 is 0. The van der Waals surface area contributed by atoms with E-state index in [1.54, 1.807) is 26.1 Å². The first kappa shape index (κ1) is 19.4. The van der Waals surface area contributed by atoms with Crippen LogP contribution in [0.15, 0.2) is 47.4 Å². The maximum atomic E-state index is 12.6. The first-order chi connectivity index (χ1) is 12.7. The van der Waals surface area contributed by atoms with Crippen molar-refractivity contribution in [3.63, 3.8) is 0 Å². The van der Waals surface area contributed by atoms with Gasteiger partial charge < -0.3 is 15.0 Å². The van der Waals surface area contributed by atoms with Crippen LogP contribution in [0.2, 0.25) is 0 Å². The minimum Gasteiger partial charge on any atom is -0.390 e. The molecule has 0 saturated carbocycles. The number of amides is 1. The Balaban J connectivity index is 1.67. The summed E-state index contributed by atoms with van der Waals surface area (Å²) in [5, 5.41) is 10.00. The summed E-state index contributed by atoms with van der Waals surface area (Å²) in [6.45, 7) is 6.39. The highest BCUT2D eigenvalue weighted by atomic mass is 16.3. The molecule has 2 aromatic rings. The molecule has 0 bridgehead atoms. The number of aromatic nitrogens is 1. The molecular formula is C22H28N2O3. The van der Waals surface area contributed by atoms with Crippen LogP contribution >= 0.6 is 0 Å². The van der Waals surface area contributed by atoms with Crippen LogP contribution in [-0.2, 0) is 4.79 Å². The zero-order valence-electron chi connectivity index (χ0n) is 16.2. The van der Waals surface area contributed by atoms with E-state index in [1.807, 2.05) is 29.2 Å². The number of aromatic amines is 1. The predicted molar refractivity (Wildman–Crippen MR) is 106 cm³/mol. The predicted octanol–water partition coefficient (Wildman–Crippen LogP) is 3.50. The van der Waals surface area contributed by atoms with Gasteiger partial charge in [0.2, 0.25) is 11.5 Å². The van der Waals surface area contributed by atoms with Crippen molar-refractivity contribution in [2.24, 2.45) is 5.92 Å². The van der Waals surface area contributed by atoms with E-state index in [9.17, 15) is 14.7 Å². The van der Waals surface area contributed by atoms with E-state index in [0.717, 1.165) is 29.7 Å². The van der Waals surface area contributed by atoms with Gasteiger partial charge in [0.25, 0.3) is 0 Å². The van der Waals surface area contributed by atoms with Gasteiger partial charge in [-0.1, -0.05) is 24.3 Å². The minimum atomic E-state index is -0.726. The average molecular weight is 368 g/mol. The summed E-state index contributed by atoms with van der Waals surface area (Å²) in [7, 11) is 0. The molecule has 1 aromatic carbocycles. The molecule has 0 aliphatic carbocycles. The van der Waals surface area contributed by atoms with Crippen LogP contribution < -0.4 is 5.56 Å². The molecule has 1 fully saturated rings. The van der Waals surface area contributed by atoms with Gasteiger partial charge in [-0.3, -0.25) is 9.59 Å². The molecule has 1 aromatic heterocycles. The maximum absolute atomic E-state index is 12.6. The van der Waals surface area contributed by atoms with E-state index in [0.29, 0.717) is 12.8 Å². The van der Waals surface area contributed by atoms with Gasteiger partial charge in [0.05, 0.1) is 11.6 Å². The number of nitrogens with zero attached hydrogens (tertiary/aromatic N) is 1. The lowest BCUT2D eigenvalue weighted by Gasteiger charge is -2.37. The third kappa shape index (κ3) is 4.86. The number of hydrogen-bond donors (Lipinski definition) is 2. The molecule has 0 radical (unpaired) electrons. The molecule has 5 heteroatoms. The highest BCUT2D eigenvalue weighted by Gasteiger charge is 2.32. The van der Waals surface area contributed by atoms with E-state index in [1.165, 1.54) is 6.07 Å². The Hall–Kier alpha value is -2.40. The Morgan fingerprint density at radius 2 is 1.81 bits per heavy atom. The van der Waals surface area contributed by atoms with Gasteiger partial charge in [-0.05, 0) is 62.3 Å². The van der Waals surface area contributed by atoms with Gasteiger partial charge in [0, 0.05) is 25.2 Å². The zero-order chi connectivity index (χ0) is 19.6. The topological polar surface area (TPSA) is 73.4 Å². The lowest BCUT2D eigenvalue weighted by Crippen LogP contribution is -2.41. The number of hydrogen-bond acceptors (Lipinski definition) is 3. The van der Waals surface area contributed by atoms with E-state index < -0.39 is 5.60 Å². The first-order valence-electron chi connectivity index (χ1n) is 9.54. The molecule has 5 nitrogen and oxygen atoms in total. The third-order valence-corrected chi connectivity index (χ3v) is 5.33. The standard InChI is InChI=1S/C22H28N2O3/c1-15(24-11-10-16(12-21(24)26)13-22(2,3)27)17-4-6-18(7-5-17)19-8-9-20(25)23-14-19/h4-9,14-16,27H,10-13H2,1-3H3,(H,23,25). The van der Waals surface area contributed by atoms with Crippen molar-refractivity contribution in [2.45, 2.75) is 51.7 Å². The summed E-state index contributed by atoms with van der Waals surface area (Å²) in [6.07, 6.45) is 3.80. The fourth-order valence-corrected chi connectivity index (χ4v) is 3.93. The van der Waals surface area contributed by atoms with Crippen molar-refractivity contribution >= 4 is 5.91 Å². The summed E-state index contributed by atoms with van der Waals surface area (Å²) in [5.41, 5.74) is 2.23. The van der Waals surface area contributed by atoms with E-state index in [2.05, 4.69) is 11.9 Å². The number of H-pyrrole nitrogens is 1. The molecule has 3 rings (SSSR count). The van der Waals surface area contributed by atoms with Crippen LogP contribution in [0.25, 0.3) is 11.1 Å². The number of pyridine rings is 1. The van der Waals surface area contributed by atoms with Gasteiger partial charge in [-0.25, -0.2) is 0 Å². The van der Waals surface area contributed by atoms with Crippen LogP contribution in [0.3, 0.4) is 0 Å². The second kappa shape index (κ2) is 7.69. The Morgan fingerprint density at radius 1 is 1.15 bits per heavy atom. The van der Waals surface area contributed by atoms with Crippen molar-refractivity contribution in [2.75, 3.05) is 6.54 Å². The highest BCUT2D eigenvalue weighted by molar-refractivity contribution is 5.77. The van der Waals surface area contributed by atoms with Gasteiger partial charge in [-0.15, -0.1) is 0 Å². The smallest absolute Gasteiger partial charge is 0.247 e. The summed E-state index contributed by atoms with van der Waals surface area (Å²) >= 11 is 0. The minimum absolute atomic E-state index is 0.0187. The monoisotopic (exact) mass is 368 g/mol. The van der Waals surface area contributed by atoms with E-state index in [4.69, 9.17) is 0 Å². The van der Waals surface area contributed by atoms with E-state index in [-0.39, 0.29) is 23.4 Å². The molecule has 2 unspecified atom stereocenters. The lowest BCUT2D eigenvalue weighted by atomic mass is 9.85. The lowest BCUT2D eigenvalue weighted by molar-refractivity contribution is -0.138. The molecule has 27 heavy (non-hydrogen) atoms. The van der Waals surface area contributed by atoms with Gasteiger partial charge >= 0.3 is 0 Å². The second-order valence-electron chi connectivity index (χ2n) is 8.20. The number of rotatable bonds is 5. The fourth-order valence-electron chi connectivity index (χ4n) is 3.93. The highest BCUT2D eigenvalue weighted by Crippen LogP contribution is 2.32. The first-order valence-corrected chi connectivity index (χ1v) is 9.54. The number of benzene rings is 1. The summed E-state index contributed by atoms with van der Waals surface area (Å²) in [4.78, 5) is 28.5. The summed E-state index contributed by atoms with van der Waals surface area (Å²) in [6, 6.07) is 11.5. The molecule has 1 amide bonds. The number of aliphatic hydroxyl groups is 1. The normalized spacial score (nSPS) is 19.2. The fraction of sp³-hybridized carbons (Fsp3) is 0.455.